The van der Waals surface area contributed by atoms with Gasteiger partial charge in [-0.3, -0.25) is 0 Å². The van der Waals surface area contributed by atoms with Crippen molar-refractivity contribution in [1.82, 2.24) is 5.32 Å². The van der Waals surface area contributed by atoms with Gasteiger partial charge in [0, 0.05) is 23.0 Å². The molecule has 2 aromatic rings. The first kappa shape index (κ1) is 19.2. The Balaban J connectivity index is 1.54. The van der Waals surface area contributed by atoms with Gasteiger partial charge in [0.1, 0.15) is 0 Å². The van der Waals surface area contributed by atoms with Crippen LogP contribution in [0.2, 0.25) is 19.6 Å². The predicted molar refractivity (Wildman–Crippen MR) is 131 cm³/mol. The minimum Gasteiger partial charge on any atom is -0.381 e. The van der Waals surface area contributed by atoms with Crippen molar-refractivity contribution >= 4 is 19.4 Å². The molecule has 0 saturated carbocycles. The first-order valence-corrected chi connectivity index (χ1v) is 14.4. The standard InChI is InChI=1S/C27H30N2Si/c1-19-16-24-22-12-8-9-13-26(22)29(20-10-6-5-7-11-20)27(24)17-23(19)25-15-14-21(18-28-25)30(2,3)4/h5-15,17-18,24-25,28H,16H2,1-4H3. The van der Waals surface area contributed by atoms with Crippen LogP contribution in [0, 0.1) is 0 Å². The zero-order valence-corrected chi connectivity index (χ0v) is 19.3. The topological polar surface area (TPSA) is 15.3 Å². The Bertz CT molecular complexity index is 1100. The Morgan fingerprint density at radius 1 is 0.967 bits per heavy atom. The lowest BCUT2D eigenvalue weighted by Gasteiger charge is -2.32. The summed E-state index contributed by atoms with van der Waals surface area (Å²) in [5.74, 6) is 0.436. The van der Waals surface area contributed by atoms with Crippen LogP contribution in [0.5, 0.6) is 0 Å². The van der Waals surface area contributed by atoms with Crippen molar-refractivity contribution < 1.29 is 0 Å². The quantitative estimate of drug-likeness (QED) is 0.559. The van der Waals surface area contributed by atoms with E-state index in [1.54, 1.807) is 0 Å². The van der Waals surface area contributed by atoms with Crippen LogP contribution in [0.4, 0.5) is 11.4 Å². The van der Waals surface area contributed by atoms with E-state index < -0.39 is 8.07 Å². The largest absolute Gasteiger partial charge is 0.381 e. The molecule has 2 aromatic carbocycles. The summed E-state index contributed by atoms with van der Waals surface area (Å²) in [6.45, 7) is 9.51. The monoisotopic (exact) mass is 410 g/mol. The van der Waals surface area contributed by atoms with E-state index in [9.17, 15) is 0 Å². The Labute approximate surface area is 181 Å². The molecule has 0 amide bonds. The Kier molecular flexibility index (Phi) is 4.59. The molecule has 3 heteroatoms. The number of fused-ring (bicyclic) bond motifs is 3. The highest BCUT2D eigenvalue weighted by atomic mass is 28.3. The molecule has 5 rings (SSSR count). The van der Waals surface area contributed by atoms with Gasteiger partial charge in [-0.25, -0.2) is 0 Å². The van der Waals surface area contributed by atoms with Gasteiger partial charge < -0.3 is 10.2 Å². The van der Waals surface area contributed by atoms with Crippen LogP contribution in [-0.4, -0.2) is 14.1 Å². The maximum atomic E-state index is 3.70. The Hall–Kier alpha value is -2.78. The second-order valence-electron chi connectivity index (χ2n) is 9.64. The van der Waals surface area contributed by atoms with Gasteiger partial charge in [0.25, 0.3) is 0 Å². The molecule has 0 fully saturated rings. The number of hydrogen-bond acceptors (Lipinski definition) is 2. The van der Waals surface area contributed by atoms with Gasteiger partial charge in [-0.2, -0.15) is 0 Å². The van der Waals surface area contributed by atoms with Crippen LogP contribution >= 0.6 is 0 Å². The van der Waals surface area contributed by atoms with Gasteiger partial charge in [0.15, 0.2) is 0 Å². The number of anilines is 2. The van der Waals surface area contributed by atoms with E-state index in [2.05, 4.69) is 116 Å². The molecule has 0 aromatic heterocycles. The Morgan fingerprint density at radius 2 is 1.70 bits per heavy atom. The summed E-state index contributed by atoms with van der Waals surface area (Å²) in [7, 11) is -1.30. The lowest BCUT2D eigenvalue weighted by atomic mass is 9.82. The number of allylic oxidation sites excluding steroid dienone is 4. The summed E-state index contributed by atoms with van der Waals surface area (Å²) in [6.07, 6.45) is 10.5. The maximum Gasteiger partial charge on any atom is 0.0794 e. The van der Waals surface area contributed by atoms with E-state index in [1.165, 1.54) is 39.0 Å². The number of hydrogen-bond donors (Lipinski definition) is 1. The highest BCUT2D eigenvalue weighted by Gasteiger charge is 2.37. The average molecular weight is 411 g/mol. The fourth-order valence-corrected chi connectivity index (χ4v) is 6.00. The molecule has 2 aliphatic heterocycles. The molecule has 30 heavy (non-hydrogen) atoms. The summed E-state index contributed by atoms with van der Waals surface area (Å²) in [4.78, 5) is 2.46. The molecule has 2 unspecified atom stereocenters. The van der Waals surface area contributed by atoms with E-state index in [4.69, 9.17) is 0 Å². The van der Waals surface area contributed by atoms with Gasteiger partial charge in [-0.05, 0) is 60.2 Å². The second kappa shape index (κ2) is 7.17. The third-order valence-electron chi connectivity index (χ3n) is 6.58. The summed E-state index contributed by atoms with van der Waals surface area (Å²) in [5.41, 5.74) is 8.31. The lowest BCUT2D eigenvalue weighted by molar-refractivity contribution is 0.721. The zero-order valence-electron chi connectivity index (χ0n) is 18.3. The molecule has 0 saturated heterocycles. The normalized spacial score (nSPS) is 22.9. The fourth-order valence-electron chi connectivity index (χ4n) is 4.89. The first-order valence-electron chi connectivity index (χ1n) is 10.9. The molecule has 0 spiro atoms. The minimum atomic E-state index is -1.30. The van der Waals surface area contributed by atoms with E-state index in [0.29, 0.717) is 5.92 Å². The van der Waals surface area contributed by atoms with E-state index in [1.807, 2.05) is 0 Å². The molecular weight excluding hydrogens is 380 g/mol. The smallest absolute Gasteiger partial charge is 0.0794 e. The van der Waals surface area contributed by atoms with Crippen LogP contribution in [0.3, 0.4) is 0 Å². The van der Waals surface area contributed by atoms with Crippen molar-refractivity contribution in [2.45, 2.75) is 44.9 Å². The average Bonchev–Trinajstić information content (AvgIpc) is 3.06. The van der Waals surface area contributed by atoms with Gasteiger partial charge in [0.05, 0.1) is 14.1 Å². The summed E-state index contributed by atoms with van der Waals surface area (Å²) in [5, 5.41) is 5.18. The highest BCUT2D eigenvalue weighted by molar-refractivity contribution is 6.83. The molecule has 2 nitrogen and oxygen atoms in total. The second-order valence-corrected chi connectivity index (χ2v) is 14.7. The van der Waals surface area contributed by atoms with Crippen molar-refractivity contribution in [2.75, 3.05) is 4.90 Å². The number of para-hydroxylation sites is 2. The number of dihydropyridines is 1. The Morgan fingerprint density at radius 3 is 2.40 bits per heavy atom. The molecule has 2 atom stereocenters. The van der Waals surface area contributed by atoms with E-state index in [-0.39, 0.29) is 6.04 Å². The number of nitrogens with one attached hydrogen (secondary N) is 1. The molecule has 152 valence electrons. The molecule has 3 aliphatic rings. The summed E-state index contributed by atoms with van der Waals surface area (Å²) >= 11 is 0. The fraction of sp³-hybridized carbons (Fsp3) is 0.259. The molecule has 1 aliphatic carbocycles. The van der Waals surface area contributed by atoms with Crippen LogP contribution in [0.15, 0.2) is 101 Å². The molecule has 0 bridgehead atoms. The van der Waals surface area contributed by atoms with Crippen LogP contribution in [-0.2, 0) is 0 Å². The summed E-state index contributed by atoms with van der Waals surface area (Å²) in [6, 6.07) is 19.9. The minimum absolute atomic E-state index is 0.250. The maximum absolute atomic E-state index is 3.70. The van der Waals surface area contributed by atoms with Crippen LogP contribution in [0.1, 0.15) is 24.8 Å². The van der Waals surface area contributed by atoms with Crippen molar-refractivity contribution in [1.29, 1.82) is 0 Å². The van der Waals surface area contributed by atoms with Crippen molar-refractivity contribution in [3.05, 3.63) is 107 Å². The molecule has 0 radical (unpaired) electrons. The van der Waals surface area contributed by atoms with Gasteiger partial charge >= 0.3 is 0 Å². The zero-order chi connectivity index (χ0) is 20.9. The number of rotatable bonds is 3. The molecule has 1 N–H and O–H groups in total. The lowest BCUT2D eigenvalue weighted by Crippen LogP contribution is -2.34. The van der Waals surface area contributed by atoms with Gasteiger partial charge in [-0.1, -0.05) is 73.8 Å². The first-order chi connectivity index (χ1) is 14.4. The third kappa shape index (κ3) is 3.18. The van der Waals surface area contributed by atoms with Crippen molar-refractivity contribution in [3.8, 4) is 0 Å². The molecular formula is C27H30N2Si. The molecule has 2 heterocycles. The van der Waals surface area contributed by atoms with E-state index >= 15 is 0 Å². The van der Waals surface area contributed by atoms with Crippen molar-refractivity contribution in [2.24, 2.45) is 0 Å². The summed E-state index contributed by atoms with van der Waals surface area (Å²) < 4.78 is 0. The number of benzene rings is 2. The van der Waals surface area contributed by atoms with Crippen LogP contribution in [0.25, 0.3) is 0 Å². The van der Waals surface area contributed by atoms with Crippen LogP contribution < -0.4 is 10.2 Å². The van der Waals surface area contributed by atoms with Crippen molar-refractivity contribution in [3.63, 3.8) is 0 Å². The predicted octanol–water partition coefficient (Wildman–Crippen LogP) is 6.82. The third-order valence-corrected chi connectivity index (χ3v) is 8.62. The SMILES string of the molecule is CC1=C(C2C=CC([Si](C)(C)C)=CN2)C=C2C(C1)c1ccccc1N2c1ccccc1. The van der Waals surface area contributed by atoms with E-state index in [0.717, 1.165) is 6.42 Å². The number of nitrogens with zero attached hydrogens (tertiary/aromatic N) is 1. The highest BCUT2D eigenvalue weighted by Crippen LogP contribution is 2.52. The van der Waals surface area contributed by atoms with Gasteiger partial charge in [0.2, 0.25) is 0 Å². The van der Waals surface area contributed by atoms with Gasteiger partial charge in [-0.15, -0.1) is 0 Å².